The number of anilines is 6. The molecular formula is C95H93Cl2F10N17O15. The summed E-state index contributed by atoms with van der Waals surface area (Å²) < 4.78 is 153. The molecule has 20 rings (SSSR count). The normalized spacial score (nSPS) is 19.3. The van der Waals surface area contributed by atoms with Crippen molar-refractivity contribution in [1.29, 1.82) is 0 Å². The predicted molar refractivity (Wildman–Crippen MR) is 503 cm³/mol. The molecule has 0 spiro atoms. The fraction of sp³-hybridized carbons (Fsp3) is 0.358. The maximum absolute atomic E-state index is 15.6. The zero-order valence-corrected chi connectivity index (χ0v) is 76.1. The van der Waals surface area contributed by atoms with Crippen molar-refractivity contribution in [3.8, 4) is 11.4 Å². The quantitative estimate of drug-likeness (QED) is 0.0335. The first kappa shape index (κ1) is 98.4. The van der Waals surface area contributed by atoms with Gasteiger partial charge in [0.25, 0.3) is 0 Å². The zero-order valence-electron chi connectivity index (χ0n) is 74.6. The first-order valence-corrected chi connectivity index (χ1v) is 45.5. The minimum atomic E-state index is -1.57. The number of nitrogens with one attached hydrogen (secondary N) is 2. The van der Waals surface area contributed by atoms with Crippen LogP contribution in [-0.2, 0) is 0 Å². The summed E-state index contributed by atoms with van der Waals surface area (Å²) in [5.74, 6) is -15.5. The molecule has 139 heavy (non-hydrogen) atoms. The van der Waals surface area contributed by atoms with E-state index in [9.17, 15) is 104 Å². The van der Waals surface area contributed by atoms with E-state index in [1.165, 1.54) is 23.0 Å². The summed E-state index contributed by atoms with van der Waals surface area (Å²) in [5, 5.41) is 52.6. The molecule has 6 aromatic heterocycles. The highest BCUT2D eigenvalue weighted by atomic mass is 35.5. The lowest BCUT2D eigenvalue weighted by Gasteiger charge is -2.38. The number of nitrogen functional groups attached to an aromatic ring is 1. The average molecular weight is 1970 g/mol. The summed E-state index contributed by atoms with van der Waals surface area (Å²) in [6.07, 6.45) is 14.7. The summed E-state index contributed by atoms with van der Waals surface area (Å²) in [7, 11) is 0. The van der Waals surface area contributed by atoms with Gasteiger partial charge in [0, 0.05) is 175 Å². The van der Waals surface area contributed by atoms with Crippen LogP contribution in [0.15, 0.2) is 122 Å². The molecule has 3 aliphatic carbocycles. The van der Waals surface area contributed by atoms with E-state index in [0.29, 0.717) is 102 Å². The van der Waals surface area contributed by atoms with Gasteiger partial charge in [-0.1, -0.05) is 29.6 Å². The average Bonchev–Trinajstić information content (AvgIpc) is 1.66. The molecule has 8 fully saturated rings. The van der Waals surface area contributed by atoms with E-state index < -0.39 is 143 Å². The number of benzene rings is 6. The second kappa shape index (κ2) is 39.3. The number of pyridine rings is 6. The number of piperazine rings is 2. The molecule has 0 radical (unpaired) electrons. The molecule has 6 aromatic carbocycles. The molecule has 3 saturated carbocycles. The highest BCUT2D eigenvalue weighted by Gasteiger charge is 2.39. The van der Waals surface area contributed by atoms with Gasteiger partial charge in [-0.3, -0.25) is 28.5 Å². The van der Waals surface area contributed by atoms with E-state index >= 15 is 13.2 Å². The standard InChI is InChI=1S/C21H18F3N3O3.C19H21ClFN3O3.C19H15F3N4O3.C19H22F2N4O3.C17H17ClFN3O3/c1-11-9-26(5-4-25-11)19-8-18-13(7-16(19)24)20(28)14(21(29)30)10-27(18)17-3-2-12(22)6-15(17)23;20-15-16-12(18(25)13(19(26)27)9-24(16)11-4-5-11)7-14(21)17(15)23-6-2-1-3-10(22)8-23;20-9-1-2-15(13(21)5-9)26-8-12(19(28)29)16(27)11-6-14(22)18(24-17(11)26)25-4-3-10(23)7-25;1-8-5-24(6-9(2)23-8)17-13(20)15(22)12-16(14(17)21)25(10-3-4-10)7-11(18(12)26)19(27)28;18-13-14-10(5-12(19)15(13)21-4-3-8(20)6-21)16(23)11(17(24)25)7-22(14)9-1-2-9/h2-3,6-8,10-11,25H,4-5,9H2,1H3,(H,29,30);7,9-11H,1-6,8,22H2,(H,26,27);1-2,5-6,8,10H,3-4,7,23H2,(H,28,29);7-10,23H,3-6,22H2,1-2H3,(H,27,28);5,7-9H,1-4,6,20H2,(H,24,25)/t;10-;;8-,9+;/m.1.../s1. The van der Waals surface area contributed by atoms with Crippen LogP contribution in [0, 0.1) is 58.2 Å². The Balaban J connectivity index is 0.000000126. The van der Waals surface area contributed by atoms with Gasteiger partial charge < -0.3 is 102 Å². The summed E-state index contributed by atoms with van der Waals surface area (Å²) in [4.78, 5) is 133. The number of carbonyl (C=O) groups is 5. The van der Waals surface area contributed by atoms with Crippen LogP contribution < -0.4 is 85.2 Å². The van der Waals surface area contributed by atoms with Crippen LogP contribution in [0.3, 0.4) is 0 Å². The number of rotatable bonds is 15. The Labute approximate surface area is 791 Å². The molecule has 0 amide bonds. The van der Waals surface area contributed by atoms with Gasteiger partial charge in [0.05, 0.1) is 87.8 Å². The fourth-order valence-electron chi connectivity index (χ4n) is 18.7. The molecule has 3 unspecified atom stereocenters. The lowest BCUT2D eigenvalue weighted by Crippen LogP contribution is -2.54. The topological polar surface area (TPSA) is 454 Å². The van der Waals surface area contributed by atoms with Gasteiger partial charge in [-0.05, 0) is 140 Å². The first-order chi connectivity index (χ1) is 66.0. The van der Waals surface area contributed by atoms with E-state index in [1.54, 1.807) is 28.7 Å². The predicted octanol–water partition coefficient (Wildman–Crippen LogP) is 12.5. The number of aromatic carboxylic acids is 5. The molecule has 5 saturated heterocycles. The van der Waals surface area contributed by atoms with Gasteiger partial charge >= 0.3 is 29.8 Å². The molecule has 12 aromatic rings. The van der Waals surface area contributed by atoms with E-state index in [-0.39, 0.29) is 154 Å². The van der Waals surface area contributed by atoms with Gasteiger partial charge in [-0.25, -0.2) is 72.9 Å². The van der Waals surface area contributed by atoms with Crippen molar-refractivity contribution >= 4 is 142 Å². The van der Waals surface area contributed by atoms with Gasteiger partial charge in [-0.2, -0.15) is 0 Å². The third-order valence-corrected chi connectivity index (χ3v) is 26.4. The number of hydrogen-bond acceptors (Lipinski definition) is 22. The van der Waals surface area contributed by atoms with E-state index in [4.69, 9.17) is 46.1 Å². The maximum atomic E-state index is 15.6. The van der Waals surface area contributed by atoms with E-state index in [1.807, 2.05) is 25.7 Å². The number of nitrogens with zero attached hydrogens (tertiary/aromatic N) is 11. The van der Waals surface area contributed by atoms with Gasteiger partial charge in [0.1, 0.15) is 74.2 Å². The molecule has 44 heteroatoms. The summed E-state index contributed by atoms with van der Waals surface area (Å²) in [6, 6.07) is 10.9. The Bertz CT molecular complexity index is 7420. The molecule has 0 bridgehead atoms. The van der Waals surface area contributed by atoms with Gasteiger partial charge in [0.2, 0.25) is 27.1 Å². The van der Waals surface area contributed by atoms with Crippen molar-refractivity contribution in [3.05, 3.63) is 245 Å². The molecule has 15 N–H and O–H groups in total. The molecule has 5 aliphatic heterocycles. The minimum absolute atomic E-state index is 0.00143. The van der Waals surface area contributed by atoms with Crippen molar-refractivity contribution in [2.45, 2.75) is 146 Å². The molecule has 6 atom stereocenters. The number of halogens is 12. The summed E-state index contributed by atoms with van der Waals surface area (Å²) in [5.41, 5.74) is 17.2. The monoisotopic (exact) mass is 1970 g/mol. The fourth-order valence-corrected chi connectivity index (χ4v) is 19.5. The van der Waals surface area contributed by atoms with Gasteiger partial charge in [-0.15, -0.1) is 0 Å². The minimum Gasteiger partial charge on any atom is -0.477 e. The van der Waals surface area contributed by atoms with Crippen molar-refractivity contribution < 1.29 is 93.4 Å². The highest BCUT2D eigenvalue weighted by molar-refractivity contribution is 6.38. The Kier molecular flexibility index (Phi) is 27.8. The number of fused-ring (bicyclic) bond motifs is 5. The Morgan fingerprint density at radius 3 is 1.27 bits per heavy atom. The molecule has 32 nitrogen and oxygen atoms in total. The SMILES string of the molecule is CC1CN(c2cc3c(cc2F)c(=O)c(C(=O)O)cn3-c2ccc(F)cc2F)CCN1.C[C@@H]1CN(c2c(F)c(N)c3c(=O)c(C(=O)O)cn(C4CC4)c3c2F)C[C@H](C)N1.NC1CCN(c2c(F)cc3c(=O)c(C(=O)O)cn(C4CC4)c3c2Cl)C1.NC1CCN(c2nc3c(cc2F)c(=O)c(C(=O)O)cn3-c2ccc(F)cc2F)C1.N[C@@H]1CCCCN(c2c(F)cc3c(=O)c(C(=O)O)cn(C4CC4)c3c2Cl)C1. The molecule has 11 heterocycles. The van der Waals surface area contributed by atoms with E-state index in [2.05, 4.69) is 15.6 Å². The maximum Gasteiger partial charge on any atom is 0.341 e. The second-order valence-corrected chi connectivity index (χ2v) is 36.8. The van der Waals surface area contributed by atoms with Gasteiger partial charge in [0.15, 0.2) is 28.9 Å². The lowest BCUT2D eigenvalue weighted by atomic mass is 10.0. The molecule has 8 aliphatic rings. The summed E-state index contributed by atoms with van der Waals surface area (Å²) >= 11 is 13.2. The Morgan fingerprint density at radius 1 is 0.396 bits per heavy atom. The van der Waals surface area contributed by atoms with Crippen molar-refractivity contribution in [1.82, 2.24) is 38.5 Å². The van der Waals surface area contributed by atoms with Crippen LogP contribution in [0.4, 0.5) is 78.2 Å². The first-order valence-electron chi connectivity index (χ1n) is 44.7. The third kappa shape index (κ3) is 19.6. The number of hydrogen-bond donors (Lipinski definition) is 11. The molecule has 732 valence electrons. The van der Waals surface area contributed by atoms with Crippen LogP contribution in [-0.4, -0.2) is 191 Å². The van der Waals surface area contributed by atoms with Crippen molar-refractivity contribution in [3.63, 3.8) is 0 Å². The molecular weight excluding hydrogens is 1880 g/mol. The second-order valence-electron chi connectivity index (χ2n) is 36.0. The van der Waals surface area contributed by atoms with Crippen LogP contribution in [0.5, 0.6) is 0 Å². The number of carboxylic acids is 5. The number of carboxylic acid groups (broad SMARTS) is 5. The lowest BCUT2D eigenvalue weighted by molar-refractivity contribution is 0.0684. The van der Waals surface area contributed by atoms with E-state index in [0.717, 1.165) is 140 Å². The number of aromatic nitrogens is 6. The van der Waals surface area contributed by atoms with Crippen LogP contribution in [0.25, 0.3) is 66.0 Å². The Hall–Kier alpha value is -13.7. The third-order valence-electron chi connectivity index (χ3n) is 25.7. The summed E-state index contributed by atoms with van der Waals surface area (Å²) in [6.45, 7) is 11.2. The van der Waals surface area contributed by atoms with Crippen LogP contribution >= 0.6 is 23.2 Å². The van der Waals surface area contributed by atoms with Crippen LogP contribution in [0.2, 0.25) is 10.0 Å². The Morgan fingerprint density at radius 2 is 0.806 bits per heavy atom. The van der Waals surface area contributed by atoms with Crippen LogP contribution in [0.1, 0.15) is 161 Å². The largest absolute Gasteiger partial charge is 0.477 e. The number of nitrogens with two attached hydrogens (primary N) is 4. The zero-order chi connectivity index (χ0) is 99.9. The van der Waals surface area contributed by atoms with Crippen molar-refractivity contribution in [2.24, 2.45) is 17.2 Å². The van der Waals surface area contributed by atoms with Crippen molar-refractivity contribution in [2.75, 3.05) is 102 Å². The highest BCUT2D eigenvalue weighted by Crippen LogP contribution is 2.47. The smallest absolute Gasteiger partial charge is 0.341 e.